The van der Waals surface area contributed by atoms with Crippen LogP contribution in [0.25, 0.3) is 22.2 Å². The quantitative estimate of drug-likeness (QED) is 0.745. The molecule has 132 valence electrons. The molecule has 0 atom stereocenters. The molecule has 0 aliphatic rings. The summed E-state index contributed by atoms with van der Waals surface area (Å²) >= 11 is 0. The van der Waals surface area contributed by atoms with Gasteiger partial charge in [-0.2, -0.15) is 0 Å². The molecule has 8 heteroatoms. The molecule has 1 aromatic carbocycles. The van der Waals surface area contributed by atoms with Crippen molar-refractivity contribution in [1.82, 2.24) is 14.5 Å². The van der Waals surface area contributed by atoms with Crippen molar-refractivity contribution in [2.45, 2.75) is 26.8 Å². The standard InChI is InChI=1S/C17H17F3N4O/c1-7(2)24-5-9(11-16(21-4)22-6-23-17(11)24)10-12(18)8(3)13(19)15(25)14(10)20/h5-7,25H,1-4H3,(H,21,22,23). The molecule has 3 aromatic rings. The van der Waals surface area contributed by atoms with Crippen LogP contribution in [-0.4, -0.2) is 26.7 Å². The van der Waals surface area contributed by atoms with Gasteiger partial charge in [-0.25, -0.2) is 23.1 Å². The Bertz CT molecular complexity index is 953. The molecule has 0 unspecified atom stereocenters. The van der Waals surface area contributed by atoms with E-state index in [-0.39, 0.29) is 11.6 Å². The zero-order valence-corrected chi connectivity index (χ0v) is 14.2. The first-order valence-electron chi connectivity index (χ1n) is 7.69. The van der Waals surface area contributed by atoms with E-state index >= 15 is 0 Å². The summed E-state index contributed by atoms with van der Waals surface area (Å²) in [5, 5.41) is 13.0. The summed E-state index contributed by atoms with van der Waals surface area (Å²) in [5.74, 6) is -4.56. The van der Waals surface area contributed by atoms with Crippen LogP contribution in [0.5, 0.6) is 5.75 Å². The lowest BCUT2D eigenvalue weighted by molar-refractivity contribution is 0.389. The summed E-state index contributed by atoms with van der Waals surface area (Å²) in [6.45, 7) is 4.93. The summed E-state index contributed by atoms with van der Waals surface area (Å²) in [6, 6.07) is -0.0443. The predicted molar refractivity (Wildman–Crippen MR) is 89.2 cm³/mol. The molecule has 2 heterocycles. The van der Waals surface area contributed by atoms with Gasteiger partial charge < -0.3 is 15.0 Å². The Labute approximate surface area is 142 Å². The number of phenolic OH excluding ortho intramolecular Hbond substituents is 1. The lowest BCUT2D eigenvalue weighted by Gasteiger charge is -2.11. The van der Waals surface area contributed by atoms with Gasteiger partial charge in [-0.05, 0) is 20.8 Å². The molecule has 3 rings (SSSR count). The van der Waals surface area contributed by atoms with Gasteiger partial charge in [0, 0.05) is 30.4 Å². The minimum Gasteiger partial charge on any atom is -0.503 e. The molecule has 25 heavy (non-hydrogen) atoms. The first-order valence-corrected chi connectivity index (χ1v) is 7.69. The Morgan fingerprint density at radius 2 is 1.80 bits per heavy atom. The first kappa shape index (κ1) is 17.1. The van der Waals surface area contributed by atoms with E-state index in [2.05, 4.69) is 15.3 Å². The first-order chi connectivity index (χ1) is 11.8. The molecule has 2 N–H and O–H groups in total. The van der Waals surface area contributed by atoms with Crippen molar-refractivity contribution in [2.24, 2.45) is 0 Å². The number of hydrogen-bond donors (Lipinski definition) is 2. The van der Waals surface area contributed by atoms with Gasteiger partial charge in [0.1, 0.15) is 23.6 Å². The van der Waals surface area contributed by atoms with Crippen molar-refractivity contribution in [3.8, 4) is 16.9 Å². The number of halogens is 3. The Hall–Kier alpha value is -2.77. The Morgan fingerprint density at radius 1 is 1.12 bits per heavy atom. The molecule has 2 aromatic heterocycles. The van der Waals surface area contributed by atoms with Crippen LogP contribution in [0.3, 0.4) is 0 Å². The number of phenols is 1. The van der Waals surface area contributed by atoms with E-state index < -0.39 is 34.3 Å². The molecule has 0 bridgehead atoms. The maximum Gasteiger partial charge on any atom is 0.188 e. The highest BCUT2D eigenvalue weighted by Crippen LogP contribution is 2.41. The van der Waals surface area contributed by atoms with Crippen molar-refractivity contribution in [3.05, 3.63) is 35.5 Å². The van der Waals surface area contributed by atoms with E-state index in [4.69, 9.17) is 0 Å². The molecule has 0 spiro atoms. The summed E-state index contributed by atoms with van der Waals surface area (Å²) in [5.41, 5.74) is -0.346. The topological polar surface area (TPSA) is 63.0 Å². The molecule has 0 amide bonds. The third-order valence-electron chi connectivity index (χ3n) is 4.19. The Kier molecular flexibility index (Phi) is 4.06. The van der Waals surface area contributed by atoms with E-state index in [1.165, 1.54) is 12.5 Å². The fourth-order valence-corrected chi connectivity index (χ4v) is 2.87. The third kappa shape index (κ3) is 2.40. The minimum absolute atomic E-state index is 0.0443. The second-order valence-electron chi connectivity index (χ2n) is 6.01. The molecular formula is C17H17F3N4O. The number of hydrogen-bond acceptors (Lipinski definition) is 4. The summed E-state index contributed by atoms with van der Waals surface area (Å²) in [4.78, 5) is 8.30. The largest absolute Gasteiger partial charge is 0.503 e. The zero-order valence-electron chi connectivity index (χ0n) is 14.2. The number of anilines is 1. The van der Waals surface area contributed by atoms with Gasteiger partial charge in [0.05, 0.1) is 10.9 Å². The highest BCUT2D eigenvalue weighted by Gasteiger charge is 2.27. The minimum atomic E-state index is -1.35. The van der Waals surface area contributed by atoms with Gasteiger partial charge >= 0.3 is 0 Å². The van der Waals surface area contributed by atoms with E-state index in [0.29, 0.717) is 16.9 Å². The van der Waals surface area contributed by atoms with E-state index in [1.54, 1.807) is 11.6 Å². The molecule has 0 fully saturated rings. The molecular weight excluding hydrogens is 333 g/mol. The van der Waals surface area contributed by atoms with Gasteiger partial charge in [-0.3, -0.25) is 0 Å². The van der Waals surface area contributed by atoms with Crippen molar-refractivity contribution in [3.63, 3.8) is 0 Å². The number of rotatable bonds is 3. The fraction of sp³-hybridized carbons (Fsp3) is 0.294. The lowest BCUT2D eigenvalue weighted by atomic mass is 10.0. The predicted octanol–water partition coefficient (Wildman–Crippen LogP) is 4.15. The van der Waals surface area contributed by atoms with Gasteiger partial charge in [0.2, 0.25) is 0 Å². The number of benzene rings is 1. The number of aromatic nitrogens is 3. The summed E-state index contributed by atoms with van der Waals surface area (Å²) in [7, 11) is 1.62. The maximum atomic E-state index is 14.7. The van der Waals surface area contributed by atoms with Crippen LogP contribution < -0.4 is 5.32 Å². The Balaban J connectivity index is 2.50. The number of nitrogens with one attached hydrogen (secondary N) is 1. The second-order valence-corrected chi connectivity index (χ2v) is 6.01. The SMILES string of the molecule is CNc1ncnc2c1c(-c1c(F)c(C)c(F)c(O)c1F)cn2C(C)C. The fourth-order valence-electron chi connectivity index (χ4n) is 2.87. The van der Waals surface area contributed by atoms with Crippen LogP contribution in [0.15, 0.2) is 12.5 Å². The lowest BCUT2D eigenvalue weighted by Crippen LogP contribution is -2.01. The van der Waals surface area contributed by atoms with Crippen molar-refractivity contribution in [1.29, 1.82) is 0 Å². The van der Waals surface area contributed by atoms with Gasteiger partial charge in [-0.15, -0.1) is 0 Å². The van der Waals surface area contributed by atoms with E-state index in [9.17, 15) is 18.3 Å². The van der Waals surface area contributed by atoms with Crippen LogP contribution >= 0.6 is 0 Å². The maximum absolute atomic E-state index is 14.7. The van der Waals surface area contributed by atoms with Crippen LogP contribution in [0.4, 0.5) is 19.0 Å². The van der Waals surface area contributed by atoms with Crippen molar-refractivity contribution in [2.75, 3.05) is 12.4 Å². The third-order valence-corrected chi connectivity index (χ3v) is 4.19. The number of nitrogens with zero attached hydrogens (tertiary/aromatic N) is 3. The molecule has 0 radical (unpaired) electrons. The van der Waals surface area contributed by atoms with Gasteiger partial charge in [0.15, 0.2) is 17.4 Å². The van der Waals surface area contributed by atoms with E-state index in [1.807, 2.05) is 13.8 Å². The highest BCUT2D eigenvalue weighted by atomic mass is 19.1. The molecule has 0 aliphatic heterocycles. The number of aromatic hydroxyl groups is 1. The summed E-state index contributed by atoms with van der Waals surface area (Å²) in [6.07, 6.45) is 2.88. The summed E-state index contributed by atoms with van der Waals surface area (Å²) < 4.78 is 44.8. The van der Waals surface area contributed by atoms with Gasteiger partial charge in [0.25, 0.3) is 0 Å². The van der Waals surface area contributed by atoms with Crippen LogP contribution in [0.1, 0.15) is 25.5 Å². The highest BCUT2D eigenvalue weighted by molar-refractivity contribution is 6.01. The van der Waals surface area contributed by atoms with Crippen LogP contribution in [-0.2, 0) is 0 Å². The average molecular weight is 350 g/mol. The van der Waals surface area contributed by atoms with Crippen LogP contribution in [0, 0.1) is 24.4 Å². The van der Waals surface area contributed by atoms with Gasteiger partial charge in [-0.1, -0.05) is 0 Å². The molecule has 0 saturated carbocycles. The average Bonchev–Trinajstić information content (AvgIpc) is 2.98. The smallest absolute Gasteiger partial charge is 0.188 e. The van der Waals surface area contributed by atoms with E-state index in [0.717, 1.165) is 6.92 Å². The van der Waals surface area contributed by atoms with Crippen molar-refractivity contribution >= 4 is 16.9 Å². The zero-order chi connectivity index (χ0) is 18.5. The number of fused-ring (bicyclic) bond motifs is 1. The molecule has 5 nitrogen and oxygen atoms in total. The van der Waals surface area contributed by atoms with Crippen LogP contribution in [0.2, 0.25) is 0 Å². The Morgan fingerprint density at radius 3 is 2.40 bits per heavy atom. The molecule has 0 aliphatic carbocycles. The monoisotopic (exact) mass is 350 g/mol. The molecule has 0 saturated heterocycles. The normalized spacial score (nSPS) is 11.5. The second kappa shape index (κ2) is 5.94. The van der Waals surface area contributed by atoms with Crippen molar-refractivity contribution < 1.29 is 18.3 Å².